The maximum absolute atomic E-state index is 13.1. The summed E-state index contributed by atoms with van der Waals surface area (Å²) in [6.45, 7) is 3.98. The van der Waals surface area contributed by atoms with Crippen LogP contribution in [0.15, 0.2) is 47.4 Å². The highest BCUT2D eigenvalue weighted by Crippen LogP contribution is 2.21. The van der Waals surface area contributed by atoms with E-state index in [1.165, 1.54) is 23.4 Å². The molecule has 0 heterocycles. The summed E-state index contributed by atoms with van der Waals surface area (Å²) in [4.78, 5) is 24.5. The van der Waals surface area contributed by atoms with Crippen molar-refractivity contribution in [1.29, 1.82) is 0 Å². The third-order valence-electron chi connectivity index (χ3n) is 3.57. The molecule has 0 unspecified atom stereocenters. The molecule has 2 rings (SSSR count). The zero-order valence-corrected chi connectivity index (χ0v) is 15.3. The van der Waals surface area contributed by atoms with Crippen LogP contribution < -0.4 is 10.6 Å². The second-order valence-electron chi connectivity index (χ2n) is 5.97. The molecule has 26 heavy (non-hydrogen) atoms. The van der Waals surface area contributed by atoms with Crippen molar-refractivity contribution in [2.24, 2.45) is 0 Å². The van der Waals surface area contributed by atoms with Crippen molar-refractivity contribution in [3.8, 4) is 0 Å². The van der Waals surface area contributed by atoms with E-state index in [0.29, 0.717) is 5.92 Å². The number of hydrogen-bond donors (Lipinski definition) is 2. The number of benzene rings is 2. The number of anilines is 1. The highest BCUT2D eigenvalue weighted by atomic mass is 32.2. The van der Waals surface area contributed by atoms with Gasteiger partial charge in [0.25, 0.3) is 0 Å². The van der Waals surface area contributed by atoms with Crippen LogP contribution in [0.2, 0.25) is 0 Å². The molecule has 0 fully saturated rings. The van der Waals surface area contributed by atoms with Crippen LogP contribution in [0.1, 0.15) is 25.3 Å². The SMILES string of the molecule is CC(C)c1ccc(SCC(=O)NCC(=O)Nc2ccc(F)c(F)c2)cc1. The first-order valence-electron chi connectivity index (χ1n) is 8.09. The van der Waals surface area contributed by atoms with Gasteiger partial charge in [-0.3, -0.25) is 9.59 Å². The molecule has 0 saturated heterocycles. The van der Waals surface area contributed by atoms with E-state index in [2.05, 4.69) is 24.5 Å². The Morgan fingerprint density at radius 1 is 1.00 bits per heavy atom. The van der Waals surface area contributed by atoms with Crippen LogP contribution in [0.25, 0.3) is 0 Å². The molecule has 0 aromatic heterocycles. The molecule has 7 heteroatoms. The van der Waals surface area contributed by atoms with Gasteiger partial charge in [0.05, 0.1) is 12.3 Å². The van der Waals surface area contributed by atoms with Crippen LogP contribution in [-0.4, -0.2) is 24.1 Å². The number of nitrogens with one attached hydrogen (secondary N) is 2. The van der Waals surface area contributed by atoms with Crippen LogP contribution >= 0.6 is 11.8 Å². The highest BCUT2D eigenvalue weighted by molar-refractivity contribution is 8.00. The fraction of sp³-hybridized carbons (Fsp3) is 0.263. The quantitative estimate of drug-likeness (QED) is 0.718. The van der Waals surface area contributed by atoms with Crippen LogP contribution in [-0.2, 0) is 9.59 Å². The lowest BCUT2D eigenvalue weighted by Crippen LogP contribution is -2.33. The minimum Gasteiger partial charge on any atom is -0.346 e. The van der Waals surface area contributed by atoms with Gasteiger partial charge in [0.15, 0.2) is 11.6 Å². The van der Waals surface area contributed by atoms with Gasteiger partial charge in [-0.1, -0.05) is 26.0 Å². The second-order valence-corrected chi connectivity index (χ2v) is 7.01. The zero-order chi connectivity index (χ0) is 19.1. The molecule has 2 N–H and O–H groups in total. The average Bonchev–Trinajstić information content (AvgIpc) is 2.61. The van der Waals surface area contributed by atoms with E-state index in [9.17, 15) is 18.4 Å². The summed E-state index contributed by atoms with van der Waals surface area (Å²) < 4.78 is 25.9. The maximum atomic E-state index is 13.1. The van der Waals surface area contributed by atoms with Crippen LogP contribution in [0.4, 0.5) is 14.5 Å². The molecule has 0 aliphatic heterocycles. The van der Waals surface area contributed by atoms with Crippen LogP contribution in [0, 0.1) is 11.6 Å². The summed E-state index contributed by atoms with van der Waals surface area (Å²) in [7, 11) is 0. The molecule has 0 saturated carbocycles. The molecule has 4 nitrogen and oxygen atoms in total. The molecule has 0 radical (unpaired) electrons. The number of halogens is 2. The Morgan fingerprint density at radius 2 is 1.69 bits per heavy atom. The molecular formula is C19H20F2N2O2S. The van der Waals surface area contributed by atoms with Crippen molar-refractivity contribution in [2.75, 3.05) is 17.6 Å². The topological polar surface area (TPSA) is 58.2 Å². The van der Waals surface area contributed by atoms with Gasteiger partial charge in [-0.2, -0.15) is 0 Å². The summed E-state index contributed by atoms with van der Waals surface area (Å²) >= 11 is 1.37. The third-order valence-corrected chi connectivity index (χ3v) is 4.58. The fourth-order valence-corrected chi connectivity index (χ4v) is 2.84. The maximum Gasteiger partial charge on any atom is 0.243 e. The Morgan fingerprint density at radius 3 is 2.31 bits per heavy atom. The van der Waals surface area contributed by atoms with Gasteiger partial charge in [0.1, 0.15) is 0 Å². The van der Waals surface area contributed by atoms with Gasteiger partial charge in [0, 0.05) is 16.6 Å². The van der Waals surface area contributed by atoms with Crippen molar-refractivity contribution < 1.29 is 18.4 Å². The first-order valence-corrected chi connectivity index (χ1v) is 9.08. The largest absolute Gasteiger partial charge is 0.346 e. The smallest absolute Gasteiger partial charge is 0.243 e. The number of amides is 2. The molecule has 0 aliphatic rings. The number of thioether (sulfide) groups is 1. The average molecular weight is 378 g/mol. The van der Waals surface area contributed by atoms with E-state index in [-0.39, 0.29) is 23.9 Å². The van der Waals surface area contributed by atoms with E-state index in [1.807, 2.05) is 24.3 Å². The Bertz CT molecular complexity index is 780. The van der Waals surface area contributed by atoms with Gasteiger partial charge in [0.2, 0.25) is 11.8 Å². The van der Waals surface area contributed by atoms with Crippen molar-refractivity contribution in [3.05, 3.63) is 59.7 Å². The van der Waals surface area contributed by atoms with Crippen molar-refractivity contribution in [3.63, 3.8) is 0 Å². The molecule has 2 aromatic carbocycles. The van der Waals surface area contributed by atoms with E-state index >= 15 is 0 Å². The predicted octanol–water partition coefficient (Wildman–Crippen LogP) is 3.94. The molecule has 2 amide bonds. The number of rotatable bonds is 7. The van der Waals surface area contributed by atoms with Crippen LogP contribution in [0.3, 0.4) is 0 Å². The number of carbonyl (C=O) groups is 2. The first-order chi connectivity index (χ1) is 12.3. The summed E-state index contributed by atoms with van der Waals surface area (Å²) in [5.74, 6) is -2.22. The monoisotopic (exact) mass is 378 g/mol. The Balaban J connectivity index is 1.73. The third kappa shape index (κ3) is 6.15. The van der Waals surface area contributed by atoms with Gasteiger partial charge < -0.3 is 10.6 Å². The molecule has 2 aromatic rings. The summed E-state index contributed by atoms with van der Waals surface area (Å²) in [6.07, 6.45) is 0. The molecule has 0 spiro atoms. The number of hydrogen-bond acceptors (Lipinski definition) is 3. The highest BCUT2D eigenvalue weighted by Gasteiger charge is 2.09. The summed E-state index contributed by atoms with van der Waals surface area (Å²) in [5.41, 5.74) is 1.36. The summed E-state index contributed by atoms with van der Waals surface area (Å²) in [6, 6.07) is 11.0. The molecule has 0 bridgehead atoms. The molecule has 0 aliphatic carbocycles. The first kappa shape index (κ1) is 19.9. The molecule has 0 atom stereocenters. The minimum absolute atomic E-state index is 0.128. The predicted molar refractivity (Wildman–Crippen MR) is 99.3 cm³/mol. The zero-order valence-electron chi connectivity index (χ0n) is 14.5. The lowest BCUT2D eigenvalue weighted by Gasteiger charge is -2.08. The van der Waals surface area contributed by atoms with Gasteiger partial charge in [-0.25, -0.2) is 8.78 Å². The number of carbonyl (C=O) groups excluding carboxylic acids is 2. The normalized spacial score (nSPS) is 10.7. The second kappa shape index (κ2) is 9.33. The van der Waals surface area contributed by atoms with E-state index in [1.54, 1.807) is 0 Å². The minimum atomic E-state index is -1.05. The summed E-state index contributed by atoms with van der Waals surface area (Å²) in [5, 5.41) is 4.88. The Labute approximate surface area is 155 Å². The van der Waals surface area contributed by atoms with E-state index in [4.69, 9.17) is 0 Å². The molecular weight excluding hydrogens is 358 g/mol. The van der Waals surface area contributed by atoms with Gasteiger partial charge in [-0.05, 0) is 35.7 Å². The lowest BCUT2D eigenvalue weighted by molar-refractivity contribution is -0.122. The van der Waals surface area contributed by atoms with Gasteiger partial charge >= 0.3 is 0 Å². The van der Waals surface area contributed by atoms with Crippen molar-refractivity contribution in [2.45, 2.75) is 24.7 Å². The molecule has 138 valence electrons. The van der Waals surface area contributed by atoms with Crippen molar-refractivity contribution >= 4 is 29.3 Å². The van der Waals surface area contributed by atoms with Crippen molar-refractivity contribution in [1.82, 2.24) is 5.32 Å². The fourth-order valence-electron chi connectivity index (χ4n) is 2.11. The van der Waals surface area contributed by atoms with Crippen LogP contribution in [0.5, 0.6) is 0 Å². The lowest BCUT2D eigenvalue weighted by atomic mass is 10.0. The standard InChI is InChI=1S/C19H20F2N2O2S/c1-12(2)13-3-6-15(7-4-13)26-11-19(25)22-10-18(24)23-14-5-8-16(20)17(21)9-14/h3-9,12H,10-11H2,1-2H3,(H,22,25)(H,23,24). The van der Waals surface area contributed by atoms with Gasteiger partial charge in [-0.15, -0.1) is 11.8 Å². The Hall–Kier alpha value is -2.41. The van der Waals surface area contributed by atoms with E-state index < -0.39 is 17.5 Å². The Kier molecular flexibility index (Phi) is 7.15. The van der Waals surface area contributed by atoms with E-state index in [0.717, 1.165) is 17.0 Å².